The molecule has 0 spiro atoms. The van der Waals surface area contributed by atoms with Crippen LogP contribution < -0.4 is 34.3 Å². The van der Waals surface area contributed by atoms with Crippen LogP contribution in [0.4, 0.5) is 0 Å². The first-order valence-electron chi connectivity index (χ1n) is 13.1. The van der Waals surface area contributed by atoms with Crippen molar-refractivity contribution in [2.24, 2.45) is 0 Å². The molecule has 0 atom stereocenters. The Morgan fingerprint density at radius 2 is 1.24 bits per heavy atom. The van der Waals surface area contributed by atoms with Crippen LogP contribution in [0.25, 0.3) is 0 Å². The molecule has 0 saturated carbocycles. The van der Waals surface area contributed by atoms with E-state index in [2.05, 4.69) is 32.0 Å². The molecular formula is C27H47NaO4S. The molecule has 1 rings (SSSR count). The van der Waals surface area contributed by atoms with Crippen LogP contribution in [0.3, 0.4) is 0 Å². The third kappa shape index (κ3) is 18.9. The SMILES string of the molecule is CCCCCCCCCc1ccc(CCCCCCCCC)c(OCCCS(=O)(=O)[O-])c1.[Na+]. The summed E-state index contributed by atoms with van der Waals surface area (Å²) in [6.07, 6.45) is 20.3. The molecule has 33 heavy (non-hydrogen) atoms. The molecule has 0 aromatic heterocycles. The van der Waals surface area contributed by atoms with Crippen molar-refractivity contribution in [1.29, 1.82) is 0 Å². The van der Waals surface area contributed by atoms with Gasteiger partial charge in [0, 0.05) is 5.75 Å². The van der Waals surface area contributed by atoms with Crippen molar-refractivity contribution in [3.05, 3.63) is 29.3 Å². The monoisotopic (exact) mass is 490 g/mol. The average molecular weight is 491 g/mol. The molecule has 4 nitrogen and oxygen atoms in total. The Morgan fingerprint density at radius 1 is 0.727 bits per heavy atom. The van der Waals surface area contributed by atoms with Gasteiger partial charge in [0.15, 0.2) is 0 Å². The van der Waals surface area contributed by atoms with Crippen LogP contribution in [0.15, 0.2) is 18.2 Å². The van der Waals surface area contributed by atoms with Gasteiger partial charge >= 0.3 is 29.6 Å². The molecule has 1 aromatic carbocycles. The van der Waals surface area contributed by atoms with Crippen molar-refractivity contribution in [1.82, 2.24) is 0 Å². The van der Waals surface area contributed by atoms with E-state index in [1.165, 1.54) is 94.6 Å². The summed E-state index contributed by atoms with van der Waals surface area (Å²) < 4.78 is 38.5. The Balaban J connectivity index is 0.0000102. The predicted molar refractivity (Wildman–Crippen MR) is 135 cm³/mol. The van der Waals surface area contributed by atoms with Gasteiger partial charge in [-0.2, -0.15) is 0 Å². The van der Waals surface area contributed by atoms with Crippen molar-refractivity contribution in [3.63, 3.8) is 0 Å². The number of benzene rings is 1. The second-order valence-electron chi connectivity index (χ2n) is 9.15. The Morgan fingerprint density at radius 3 is 1.79 bits per heavy atom. The van der Waals surface area contributed by atoms with E-state index in [0.717, 1.165) is 25.0 Å². The van der Waals surface area contributed by atoms with Gasteiger partial charge in [-0.15, -0.1) is 0 Å². The molecule has 0 unspecified atom stereocenters. The molecule has 6 heteroatoms. The van der Waals surface area contributed by atoms with Crippen LogP contribution in [0, 0.1) is 0 Å². The molecule has 0 aliphatic carbocycles. The number of aryl methyl sites for hydroxylation is 2. The zero-order valence-electron chi connectivity index (χ0n) is 21.7. The number of hydrogen-bond donors (Lipinski definition) is 0. The zero-order valence-corrected chi connectivity index (χ0v) is 24.5. The molecule has 1 aromatic rings. The minimum Gasteiger partial charge on any atom is -0.748 e. The largest absolute Gasteiger partial charge is 1.00 e. The maximum atomic E-state index is 10.9. The third-order valence-electron chi connectivity index (χ3n) is 6.05. The maximum Gasteiger partial charge on any atom is 1.00 e. The van der Waals surface area contributed by atoms with E-state index < -0.39 is 10.1 Å². The summed E-state index contributed by atoms with van der Waals surface area (Å²) >= 11 is 0. The van der Waals surface area contributed by atoms with Gasteiger partial charge in [-0.3, -0.25) is 0 Å². The van der Waals surface area contributed by atoms with Gasteiger partial charge in [0.1, 0.15) is 5.75 Å². The second-order valence-corrected chi connectivity index (χ2v) is 10.7. The summed E-state index contributed by atoms with van der Waals surface area (Å²) in [5.74, 6) is 0.511. The van der Waals surface area contributed by atoms with Crippen LogP contribution >= 0.6 is 0 Å². The summed E-state index contributed by atoms with van der Waals surface area (Å²) in [5.41, 5.74) is 2.49. The molecule has 0 N–H and O–H groups in total. The van der Waals surface area contributed by atoms with Crippen LogP contribution in [0.2, 0.25) is 0 Å². The van der Waals surface area contributed by atoms with Gasteiger partial charge in [-0.25, -0.2) is 8.42 Å². The maximum absolute atomic E-state index is 10.9. The Labute approximate surface area is 226 Å². The van der Waals surface area contributed by atoms with E-state index in [9.17, 15) is 13.0 Å². The fraction of sp³-hybridized carbons (Fsp3) is 0.778. The normalized spacial score (nSPS) is 11.4. The van der Waals surface area contributed by atoms with Gasteiger partial charge in [-0.05, 0) is 49.3 Å². The van der Waals surface area contributed by atoms with E-state index in [1.807, 2.05) is 0 Å². The first-order chi connectivity index (χ1) is 15.5. The van der Waals surface area contributed by atoms with Crippen LogP contribution in [0.1, 0.15) is 121 Å². The molecule has 0 bridgehead atoms. The Kier molecular flexibility index (Phi) is 21.2. The van der Waals surface area contributed by atoms with Crippen LogP contribution in [-0.2, 0) is 23.0 Å². The van der Waals surface area contributed by atoms with Crippen molar-refractivity contribution >= 4 is 10.1 Å². The number of rotatable bonds is 21. The zero-order chi connectivity index (χ0) is 23.5. The number of ether oxygens (including phenoxy) is 1. The smallest absolute Gasteiger partial charge is 0.748 e. The molecule has 0 amide bonds. The number of hydrogen-bond acceptors (Lipinski definition) is 4. The van der Waals surface area contributed by atoms with E-state index in [1.54, 1.807) is 0 Å². The van der Waals surface area contributed by atoms with Gasteiger partial charge in [-0.1, -0.05) is 103 Å². The quantitative estimate of drug-likeness (QED) is 0.144. The van der Waals surface area contributed by atoms with Gasteiger partial charge < -0.3 is 9.29 Å². The standard InChI is InChI=1S/C27H48O4S.Na/c1-3-5-7-9-11-13-15-18-25-20-21-26(19-16-14-12-10-8-6-4-2)27(24-25)31-22-17-23-32(28,29)30;/h20-21,24H,3-19,22-23H2,1-2H3,(H,28,29,30);/q;+1/p-1. The van der Waals surface area contributed by atoms with Gasteiger partial charge in [0.2, 0.25) is 0 Å². The number of unbranched alkanes of at least 4 members (excludes halogenated alkanes) is 12. The van der Waals surface area contributed by atoms with Crippen LogP contribution in [-0.4, -0.2) is 25.3 Å². The molecule has 0 radical (unpaired) electrons. The van der Waals surface area contributed by atoms with E-state index in [0.29, 0.717) is 0 Å². The fourth-order valence-electron chi connectivity index (χ4n) is 4.07. The summed E-state index contributed by atoms with van der Waals surface area (Å²) in [7, 11) is -4.18. The van der Waals surface area contributed by atoms with Crippen molar-refractivity contribution in [2.75, 3.05) is 12.4 Å². The first-order valence-corrected chi connectivity index (χ1v) is 14.7. The summed E-state index contributed by atoms with van der Waals surface area (Å²) in [5, 5.41) is 0. The summed E-state index contributed by atoms with van der Waals surface area (Å²) in [6.45, 7) is 4.76. The minimum absolute atomic E-state index is 0. The van der Waals surface area contributed by atoms with Crippen LogP contribution in [0.5, 0.6) is 5.75 Å². The Hall–Kier alpha value is -0.0700. The van der Waals surface area contributed by atoms with E-state index >= 15 is 0 Å². The molecule has 0 aliphatic heterocycles. The second kappa shape index (κ2) is 21.2. The van der Waals surface area contributed by atoms with Gasteiger partial charge in [0.05, 0.1) is 16.7 Å². The topological polar surface area (TPSA) is 66.4 Å². The van der Waals surface area contributed by atoms with Crippen molar-refractivity contribution < 1.29 is 47.3 Å². The molecule has 186 valence electrons. The third-order valence-corrected chi connectivity index (χ3v) is 6.84. The van der Waals surface area contributed by atoms with Gasteiger partial charge in [0.25, 0.3) is 0 Å². The average Bonchev–Trinajstić information content (AvgIpc) is 2.76. The summed E-state index contributed by atoms with van der Waals surface area (Å²) in [6, 6.07) is 6.55. The van der Waals surface area contributed by atoms with E-state index in [-0.39, 0.29) is 48.3 Å². The molecule has 0 heterocycles. The van der Waals surface area contributed by atoms with E-state index in [4.69, 9.17) is 4.74 Å². The first kappa shape index (κ1) is 32.9. The molecule has 0 aliphatic rings. The predicted octanol–water partition coefficient (Wildman–Crippen LogP) is 4.59. The Bertz CT molecular complexity index is 691. The minimum atomic E-state index is -4.18. The molecular weight excluding hydrogens is 443 g/mol. The van der Waals surface area contributed by atoms with Crippen molar-refractivity contribution in [2.45, 2.75) is 123 Å². The van der Waals surface area contributed by atoms with Crippen molar-refractivity contribution in [3.8, 4) is 5.75 Å². The fourth-order valence-corrected chi connectivity index (χ4v) is 4.54. The summed E-state index contributed by atoms with van der Waals surface area (Å²) in [4.78, 5) is 0. The molecule has 0 fully saturated rings. The molecule has 0 saturated heterocycles.